The summed E-state index contributed by atoms with van der Waals surface area (Å²) in [6, 6.07) is 15.2. The lowest BCUT2D eigenvalue weighted by Crippen LogP contribution is -2.15. The maximum atomic E-state index is 13.6. The van der Waals surface area contributed by atoms with Gasteiger partial charge in [0.25, 0.3) is 0 Å². The molecule has 0 N–H and O–H groups in total. The Hall–Kier alpha value is -2.65. The Kier molecular flexibility index (Phi) is 4.13. The average Bonchev–Trinajstić information content (AvgIpc) is 3.25. The van der Waals surface area contributed by atoms with E-state index in [4.69, 9.17) is 8.83 Å². The fraction of sp³-hybridized carbons (Fsp3) is 0.0588. The van der Waals surface area contributed by atoms with Gasteiger partial charge in [0.05, 0.1) is 0 Å². The van der Waals surface area contributed by atoms with E-state index in [0.717, 1.165) is 5.56 Å². The lowest BCUT2D eigenvalue weighted by molar-refractivity contribution is 0.109. The largest absolute Gasteiger partial charge is 0.450 e. The van der Waals surface area contributed by atoms with Crippen LogP contribution in [0.2, 0.25) is 0 Å². The number of rotatable bonds is 6. The Morgan fingerprint density at radius 1 is 0.783 bits per heavy atom. The van der Waals surface area contributed by atoms with E-state index >= 15 is 0 Å². The number of carbonyl (C=O) groups is 2. The van der Waals surface area contributed by atoms with E-state index in [1.54, 1.807) is 0 Å². The fourth-order valence-electron chi connectivity index (χ4n) is 2.30. The van der Waals surface area contributed by atoms with Crippen LogP contribution in [0.25, 0.3) is 0 Å². The van der Waals surface area contributed by atoms with Crippen molar-refractivity contribution >= 4 is 30.7 Å². The molecular formula is C17H13O5P. The van der Waals surface area contributed by atoms with Crippen molar-refractivity contribution in [1.29, 1.82) is 0 Å². The number of hydrogen-bond donors (Lipinski definition) is 0. The summed E-state index contributed by atoms with van der Waals surface area (Å²) in [4.78, 5) is 21.7. The zero-order valence-electron chi connectivity index (χ0n) is 12.0. The van der Waals surface area contributed by atoms with Crippen molar-refractivity contribution < 1.29 is 23.0 Å². The van der Waals surface area contributed by atoms with E-state index < -0.39 is 7.14 Å². The maximum Gasteiger partial charge on any atom is 0.214 e. The van der Waals surface area contributed by atoms with Crippen molar-refractivity contribution in [2.75, 3.05) is 0 Å². The Morgan fingerprint density at radius 3 is 1.74 bits per heavy atom. The number of benzene rings is 1. The molecule has 23 heavy (non-hydrogen) atoms. The molecule has 5 nitrogen and oxygen atoms in total. The quantitative estimate of drug-likeness (QED) is 0.513. The van der Waals surface area contributed by atoms with Crippen molar-refractivity contribution in [2.24, 2.45) is 0 Å². The molecule has 0 bridgehead atoms. The van der Waals surface area contributed by atoms with Crippen molar-refractivity contribution in [1.82, 2.24) is 0 Å². The minimum Gasteiger partial charge on any atom is -0.450 e. The standard InChI is InChI=1S/C17H13O5P/c18-10-14-6-8-16(21-14)23(20,12-13-4-2-1-3-5-13)17-9-7-15(11-19)22-17/h1-11H,12H2. The van der Waals surface area contributed by atoms with Crippen molar-refractivity contribution in [2.45, 2.75) is 6.16 Å². The molecule has 0 amide bonds. The van der Waals surface area contributed by atoms with E-state index in [2.05, 4.69) is 0 Å². The lowest BCUT2D eigenvalue weighted by atomic mass is 10.2. The summed E-state index contributed by atoms with van der Waals surface area (Å²) in [5.74, 6) is 0.186. The number of aldehydes is 2. The van der Waals surface area contributed by atoms with Crippen LogP contribution >= 0.6 is 7.14 Å². The highest BCUT2D eigenvalue weighted by Gasteiger charge is 2.34. The lowest BCUT2D eigenvalue weighted by Gasteiger charge is -2.13. The summed E-state index contributed by atoms with van der Waals surface area (Å²) < 4.78 is 24.4. The number of furan rings is 2. The highest BCUT2D eigenvalue weighted by atomic mass is 31.2. The van der Waals surface area contributed by atoms with Crippen LogP contribution < -0.4 is 11.0 Å². The molecule has 2 heterocycles. The average molecular weight is 328 g/mol. The van der Waals surface area contributed by atoms with Gasteiger partial charge < -0.3 is 13.4 Å². The van der Waals surface area contributed by atoms with Gasteiger partial charge >= 0.3 is 0 Å². The van der Waals surface area contributed by atoms with Gasteiger partial charge in [-0.1, -0.05) is 30.3 Å². The van der Waals surface area contributed by atoms with Crippen LogP contribution in [0.3, 0.4) is 0 Å². The van der Waals surface area contributed by atoms with Gasteiger partial charge in [0, 0.05) is 6.16 Å². The summed E-state index contributed by atoms with van der Waals surface area (Å²) >= 11 is 0. The summed E-state index contributed by atoms with van der Waals surface area (Å²) in [6.45, 7) is 0. The Labute approximate surface area is 132 Å². The Morgan fingerprint density at radius 2 is 1.30 bits per heavy atom. The molecule has 0 fully saturated rings. The third kappa shape index (κ3) is 2.96. The molecule has 3 rings (SSSR count). The van der Waals surface area contributed by atoms with E-state index in [-0.39, 0.29) is 28.7 Å². The van der Waals surface area contributed by atoms with Gasteiger partial charge in [0.2, 0.25) is 7.14 Å². The fourth-order valence-corrected chi connectivity index (χ4v) is 4.69. The van der Waals surface area contributed by atoms with Gasteiger partial charge in [-0.25, -0.2) is 0 Å². The highest BCUT2D eigenvalue weighted by molar-refractivity contribution is 7.77. The molecule has 0 spiro atoms. The van der Waals surface area contributed by atoms with Gasteiger partial charge in [-0.15, -0.1) is 0 Å². The molecule has 0 saturated heterocycles. The van der Waals surface area contributed by atoms with Crippen LogP contribution in [0.4, 0.5) is 0 Å². The van der Waals surface area contributed by atoms with Crippen molar-refractivity contribution in [3.8, 4) is 0 Å². The van der Waals surface area contributed by atoms with Gasteiger partial charge in [0.15, 0.2) is 35.1 Å². The third-order valence-corrected chi connectivity index (χ3v) is 6.13. The van der Waals surface area contributed by atoms with Crippen LogP contribution in [0, 0.1) is 0 Å². The molecule has 3 aromatic rings. The molecular weight excluding hydrogens is 315 g/mol. The highest BCUT2D eigenvalue weighted by Crippen LogP contribution is 2.47. The molecule has 0 aliphatic rings. The van der Waals surface area contributed by atoms with E-state index in [1.807, 2.05) is 30.3 Å². The van der Waals surface area contributed by atoms with E-state index in [0.29, 0.717) is 12.6 Å². The second kappa shape index (κ2) is 6.23. The summed E-state index contributed by atoms with van der Waals surface area (Å²) in [5, 5.41) is 0. The minimum atomic E-state index is -3.28. The van der Waals surface area contributed by atoms with Crippen LogP contribution in [-0.2, 0) is 10.7 Å². The first kappa shape index (κ1) is 15.3. The van der Waals surface area contributed by atoms with E-state index in [9.17, 15) is 14.2 Å². The minimum absolute atomic E-state index is 0.0930. The molecule has 6 heteroatoms. The zero-order chi connectivity index (χ0) is 16.3. The van der Waals surface area contributed by atoms with Gasteiger partial charge in [0.1, 0.15) is 0 Å². The van der Waals surface area contributed by atoms with Crippen molar-refractivity contribution in [3.05, 3.63) is 71.7 Å². The third-order valence-electron chi connectivity index (χ3n) is 3.42. The monoisotopic (exact) mass is 328 g/mol. The molecule has 0 aliphatic heterocycles. The van der Waals surface area contributed by atoms with Crippen LogP contribution in [-0.4, -0.2) is 12.6 Å². The van der Waals surface area contributed by atoms with Crippen LogP contribution in [0.15, 0.2) is 63.4 Å². The van der Waals surface area contributed by atoms with Gasteiger partial charge in [-0.2, -0.15) is 0 Å². The first-order valence-corrected chi connectivity index (χ1v) is 8.79. The van der Waals surface area contributed by atoms with Crippen LogP contribution in [0.1, 0.15) is 26.7 Å². The smallest absolute Gasteiger partial charge is 0.214 e. The molecule has 116 valence electrons. The molecule has 0 atom stereocenters. The SMILES string of the molecule is O=Cc1ccc(P(=O)(Cc2ccccc2)c2ccc(C=O)o2)o1. The molecule has 0 aliphatic carbocycles. The normalized spacial score (nSPS) is 11.3. The second-order valence-corrected chi connectivity index (χ2v) is 7.65. The Balaban J connectivity index is 2.10. The van der Waals surface area contributed by atoms with Gasteiger partial charge in [-0.3, -0.25) is 9.59 Å². The number of carbonyl (C=O) groups excluding carboxylic acids is 2. The maximum absolute atomic E-state index is 13.6. The second-order valence-electron chi connectivity index (χ2n) is 4.97. The van der Waals surface area contributed by atoms with Gasteiger partial charge in [-0.05, 0) is 29.8 Å². The number of hydrogen-bond acceptors (Lipinski definition) is 5. The molecule has 2 aromatic heterocycles. The summed E-state index contributed by atoms with van der Waals surface area (Å²) in [7, 11) is -3.28. The van der Waals surface area contributed by atoms with E-state index in [1.165, 1.54) is 24.3 Å². The molecule has 0 saturated carbocycles. The molecule has 0 unspecified atom stereocenters. The van der Waals surface area contributed by atoms with Crippen molar-refractivity contribution in [3.63, 3.8) is 0 Å². The summed E-state index contributed by atoms with van der Waals surface area (Å²) in [6.07, 6.45) is 1.27. The molecule has 0 radical (unpaired) electrons. The Bertz CT molecular complexity index is 825. The topological polar surface area (TPSA) is 77.5 Å². The first-order chi connectivity index (χ1) is 11.2. The molecule has 1 aromatic carbocycles. The first-order valence-electron chi connectivity index (χ1n) is 6.90. The predicted octanol–water partition coefficient (Wildman–Crippen LogP) is 3.01. The van der Waals surface area contributed by atoms with Crippen LogP contribution in [0.5, 0.6) is 0 Å². The zero-order valence-corrected chi connectivity index (χ0v) is 12.9. The summed E-state index contributed by atoms with van der Waals surface area (Å²) in [5.41, 5.74) is 1.19. The predicted molar refractivity (Wildman–Crippen MR) is 85.2 cm³/mol.